The Labute approximate surface area is 108 Å². The van der Waals surface area contributed by atoms with Gasteiger partial charge in [0.25, 0.3) is 0 Å². The fourth-order valence-corrected chi connectivity index (χ4v) is 1.56. The number of hydrogen-bond acceptors (Lipinski definition) is 5. The zero-order valence-corrected chi connectivity index (χ0v) is 10.1. The maximum Gasteiger partial charge on any atom is 0.311 e. The highest BCUT2D eigenvalue weighted by atomic mass is 19.1. The second kappa shape index (κ2) is 4.89. The number of pyridine rings is 1. The molecule has 0 aliphatic rings. The van der Waals surface area contributed by atoms with E-state index >= 15 is 0 Å². The van der Waals surface area contributed by atoms with Gasteiger partial charge in [0.1, 0.15) is 11.6 Å². The normalized spacial score (nSPS) is 10.2. The van der Waals surface area contributed by atoms with Gasteiger partial charge < -0.3 is 11.1 Å². The molecular weight excluding hydrogens is 251 g/mol. The molecule has 2 rings (SSSR count). The number of nitrogens with zero attached hydrogens (tertiary/aromatic N) is 2. The number of anilines is 3. The van der Waals surface area contributed by atoms with Crippen molar-refractivity contribution in [3.05, 3.63) is 51.8 Å². The first-order chi connectivity index (χ1) is 8.97. The number of aryl methyl sites for hydroxylation is 1. The zero-order chi connectivity index (χ0) is 14.0. The Balaban J connectivity index is 2.42. The number of hydrogen-bond donors (Lipinski definition) is 2. The van der Waals surface area contributed by atoms with E-state index in [9.17, 15) is 14.5 Å². The van der Waals surface area contributed by atoms with Gasteiger partial charge in [0, 0.05) is 6.07 Å². The van der Waals surface area contributed by atoms with Crippen LogP contribution in [0.5, 0.6) is 0 Å². The first kappa shape index (κ1) is 12.7. The fraction of sp³-hybridized carbons (Fsp3) is 0.0833. The van der Waals surface area contributed by atoms with E-state index in [1.807, 2.05) is 0 Å². The number of nitrogens with two attached hydrogens (primary N) is 1. The van der Waals surface area contributed by atoms with Crippen molar-refractivity contribution in [1.82, 2.24) is 4.98 Å². The van der Waals surface area contributed by atoms with Gasteiger partial charge in [-0.3, -0.25) is 10.1 Å². The van der Waals surface area contributed by atoms with E-state index in [1.54, 1.807) is 13.0 Å². The predicted molar refractivity (Wildman–Crippen MR) is 69.7 cm³/mol. The smallest absolute Gasteiger partial charge is 0.311 e. The van der Waals surface area contributed by atoms with E-state index < -0.39 is 10.7 Å². The molecule has 0 fully saturated rings. The number of aromatic nitrogens is 1. The standard InChI is InChI=1S/C12H11FN4O2/c1-7-2-3-9(8(13)6-7)15-12-10(17(18)19)4-5-11(14)16-12/h2-6H,1H3,(H3,14,15,16). The number of nitrogen functional groups attached to an aromatic ring is 1. The van der Waals surface area contributed by atoms with Crippen LogP contribution in [0.4, 0.5) is 27.4 Å². The van der Waals surface area contributed by atoms with Crippen LogP contribution in [0.25, 0.3) is 0 Å². The molecule has 0 unspecified atom stereocenters. The van der Waals surface area contributed by atoms with Crippen molar-refractivity contribution in [1.29, 1.82) is 0 Å². The Morgan fingerprint density at radius 1 is 1.37 bits per heavy atom. The number of benzene rings is 1. The highest BCUT2D eigenvalue weighted by Gasteiger charge is 2.16. The van der Waals surface area contributed by atoms with Crippen LogP contribution >= 0.6 is 0 Å². The number of nitrogens with one attached hydrogen (secondary N) is 1. The van der Waals surface area contributed by atoms with Crippen LogP contribution in [-0.2, 0) is 0 Å². The van der Waals surface area contributed by atoms with E-state index in [0.29, 0.717) is 0 Å². The summed E-state index contributed by atoms with van der Waals surface area (Å²) < 4.78 is 13.7. The summed E-state index contributed by atoms with van der Waals surface area (Å²) in [7, 11) is 0. The lowest BCUT2D eigenvalue weighted by atomic mass is 10.2. The van der Waals surface area contributed by atoms with Crippen LogP contribution < -0.4 is 11.1 Å². The molecule has 19 heavy (non-hydrogen) atoms. The highest BCUT2D eigenvalue weighted by Crippen LogP contribution is 2.27. The first-order valence-electron chi connectivity index (χ1n) is 5.41. The lowest BCUT2D eigenvalue weighted by Crippen LogP contribution is -2.03. The summed E-state index contributed by atoms with van der Waals surface area (Å²) in [6.45, 7) is 1.74. The van der Waals surface area contributed by atoms with Gasteiger partial charge in [-0.2, -0.15) is 0 Å². The lowest BCUT2D eigenvalue weighted by molar-refractivity contribution is -0.384. The second-order valence-electron chi connectivity index (χ2n) is 3.97. The first-order valence-corrected chi connectivity index (χ1v) is 5.41. The quantitative estimate of drug-likeness (QED) is 0.655. The number of rotatable bonds is 3. The monoisotopic (exact) mass is 262 g/mol. The van der Waals surface area contributed by atoms with E-state index in [2.05, 4.69) is 10.3 Å². The Morgan fingerprint density at radius 3 is 2.74 bits per heavy atom. The summed E-state index contributed by atoms with van der Waals surface area (Å²) in [5.41, 5.74) is 6.06. The van der Waals surface area contributed by atoms with E-state index in [-0.39, 0.29) is 23.0 Å². The van der Waals surface area contributed by atoms with Crippen molar-refractivity contribution in [2.45, 2.75) is 6.92 Å². The maximum atomic E-state index is 13.7. The molecule has 0 amide bonds. The van der Waals surface area contributed by atoms with Crippen molar-refractivity contribution in [2.75, 3.05) is 11.1 Å². The Kier molecular flexibility index (Phi) is 3.28. The van der Waals surface area contributed by atoms with Gasteiger partial charge in [0.15, 0.2) is 0 Å². The minimum Gasteiger partial charge on any atom is -0.384 e. The molecule has 0 saturated heterocycles. The van der Waals surface area contributed by atoms with E-state index in [0.717, 1.165) is 5.56 Å². The largest absolute Gasteiger partial charge is 0.384 e. The van der Waals surface area contributed by atoms with Crippen molar-refractivity contribution in [3.63, 3.8) is 0 Å². The topological polar surface area (TPSA) is 94.1 Å². The van der Waals surface area contributed by atoms with Crippen LogP contribution in [0, 0.1) is 22.9 Å². The zero-order valence-electron chi connectivity index (χ0n) is 10.1. The SMILES string of the molecule is Cc1ccc(Nc2nc(N)ccc2[N+](=O)[O-])c(F)c1. The molecule has 98 valence electrons. The molecule has 3 N–H and O–H groups in total. The molecule has 1 heterocycles. The summed E-state index contributed by atoms with van der Waals surface area (Å²) >= 11 is 0. The molecule has 0 radical (unpaired) electrons. The van der Waals surface area contributed by atoms with Crippen molar-refractivity contribution in [3.8, 4) is 0 Å². The van der Waals surface area contributed by atoms with Crippen molar-refractivity contribution < 1.29 is 9.31 Å². The molecule has 0 saturated carbocycles. The van der Waals surface area contributed by atoms with Crippen LogP contribution in [0.3, 0.4) is 0 Å². The van der Waals surface area contributed by atoms with Crippen LogP contribution in [-0.4, -0.2) is 9.91 Å². The molecule has 1 aromatic heterocycles. The van der Waals surface area contributed by atoms with Gasteiger partial charge in [-0.1, -0.05) is 6.07 Å². The minimum absolute atomic E-state index is 0.0900. The molecule has 0 spiro atoms. The molecule has 6 nitrogen and oxygen atoms in total. The van der Waals surface area contributed by atoms with Gasteiger partial charge in [-0.15, -0.1) is 0 Å². The summed E-state index contributed by atoms with van der Waals surface area (Å²) in [5.74, 6) is -0.494. The van der Waals surface area contributed by atoms with Gasteiger partial charge in [0.05, 0.1) is 10.6 Å². The molecule has 1 aromatic carbocycles. The average molecular weight is 262 g/mol. The van der Waals surface area contributed by atoms with Crippen molar-refractivity contribution >= 4 is 23.0 Å². The van der Waals surface area contributed by atoms with Gasteiger partial charge in [0.2, 0.25) is 5.82 Å². The minimum atomic E-state index is -0.610. The number of nitro groups is 1. The van der Waals surface area contributed by atoms with Crippen LogP contribution in [0.15, 0.2) is 30.3 Å². The van der Waals surface area contributed by atoms with Crippen molar-refractivity contribution in [2.24, 2.45) is 0 Å². The predicted octanol–water partition coefficient (Wildman–Crippen LogP) is 2.76. The second-order valence-corrected chi connectivity index (χ2v) is 3.97. The van der Waals surface area contributed by atoms with Gasteiger partial charge >= 0.3 is 5.69 Å². The third-order valence-electron chi connectivity index (χ3n) is 2.47. The highest BCUT2D eigenvalue weighted by molar-refractivity contribution is 5.67. The molecule has 0 bridgehead atoms. The molecule has 0 atom stereocenters. The fourth-order valence-electron chi connectivity index (χ4n) is 1.56. The molecule has 2 aromatic rings. The third kappa shape index (κ3) is 2.76. The average Bonchev–Trinajstić information content (AvgIpc) is 2.32. The number of halogens is 1. The maximum absolute atomic E-state index is 13.7. The van der Waals surface area contributed by atoms with E-state index in [4.69, 9.17) is 5.73 Å². The van der Waals surface area contributed by atoms with Crippen LogP contribution in [0.2, 0.25) is 0 Å². The summed E-state index contributed by atoms with van der Waals surface area (Å²) in [6.07, 6.45) is 0. The molecule has 0 aliphatic carbocycles. The molecule has 0 aliphatic heterocycles. The van der Waals surface area contributed by atoms with Gasteiger partial charge in [-0.05, 0) is 30.7 Å². The van der Waals surface area contributed by atoms with Crippen LogP contribution in [0.1, 0.15) is 5.56 Å². The molecular formula is C12H11FN4O2. The summed E-state index contributed by atoms with van der Waals surface area (Å²) in [4.78, 5) is 14.1. The Morgan fingerprint density at radius 2 is 2.11 bits per heavy atom. The Bertz CT molecular complexity index is 646. The summed E-state index contributed by atoms with van der Waals surface area (Å²) in [5, 5.41) is 13.4. The Hall–Kier alpha value is -2.70. The van der Waals surface area contributed by atoms with E-state index in [1.165, 1.54) is 24.3 Å². The van der Waals surface area contributed by atoms with Gasteiger partial charge in [-0.25, -0.2) is 9.37 Å². The summed E-state index contributed by atoms with van der Waals surface area (Å²) in [6, 6.07) is 7.02. The lowest BCUT2D eigenvalue weighted by Gasteiger charge is -2.08. The molecule has 7 heteroatoms. The third-order valence-corrected chi connectivity index (χ3v) is 2.47.